The van der Waals surface area contributed by atoms with E-state index in [1.54, 1.807) is 6.07 Å². The number of amides is 1. The third-order valence-electron chi connectivity index (χ3n) is 7.58. The SMILES string of the molecule is CN(C)CC#Cc1cc(F)c(OCCCc2sc(N3CCc4cccc(C(=O)Nc5nc6ccccc6s5)c4C3)nc2OC(=O)O)cc1F. The molecule has 10 nitrogen and oxygen atoms in total. The van der Waals surface area contributed by atoms with Gasteiger partial charge < -0.3 is 19.5 Å². The second kappa shape index (κ2) is 15.0. The molecule has 1 amide bonds. The quantitative estimate of drug-likeness (QED) is 0.0918. The summed E-state index contributed by atoms with van der Waals surface area (Å²) < 4.78 is 40.6. The molecule has 0 radical (unpaired) electrons. The minimum atomic E-state index is -1.50. The Morgan fingerprint density at radius 3 is 2.71 bits per heavy atom. The molecule has 2 N–H and O–H groups in total. The van der Waals surface area contributed by atoms with Gasteiger partial charge in [-0.2, -0.15) is 4.98 Å². The summed E-state index contributed by atoms with van der Waals surface area (Å²) in [5.41, 5.74) is 3.17. The first-order valence-corrected chi connectivity index (χ1v) is 17.0. The summed E-state index contributed by atoms with van der Waals surface area (Å²) in [5, 5.41) is 13.3. The molecule has 5 aromatic rings. The molecule has 49 heavy (non-hydrogen) atoms. The summed E-state index contributed by atoms with van der Waals surface area (Å²) in [6.45, 7) is 1.41. The summed E-state index contributed by atoms with van der Waals surface area (Å²) in [4.78, 5) is 38.3. The summed E-state index contributed by atoms with van der Waals surface area (Å²) in [6.07, 6.45) is -0.184. The van der Waals surface area contributed by atoms with Crippen LogP contribution in [-0.4, -0.2) is 65.8 Å². The zero-order valence-electron chi connectivity index (χ0n) is 26.6. The van der Waals surface area contributed by atoms with E-state index in [0.717, 1.165) is 33.5 Å². The van der Waals surface area contributed by atoms with Crippen molar-refractivity contribution in [2.45, 2.75) is 25.8 Å². The number of fused-ring (bicyclic) bond motifs is 2. The maximum atomic E-state index is 14.6. The molecular formula is C35H31F2N5O5S2. The normalized spacial score (nSPS) is 12.4. The van der Waals surface area contributed by atoms with Crippen molar-refractivity contribution in [3.8, 4) is 23.5 Å². The van der Waals surface area contributed by atoms with E-state index in [0.29, 0.717) is 59.6 Å². The van der Waals surface area contributed by atoms with Gasteiger partial charge in [-0.3, -0.25) is 15.0 Å². The maximum Gasteiger partial charge on any atom is 0.512 e. The molecule has 252 valence electrons. The Balaban J connectivity index is 1.12. The fourth-order valence-electron chi connectivity index (χ4n) is 5.27. The van der Waals surface area contributed by atoms with Gasteiger partial charge in [-0.05, 0) is 68.8 Å². The van der Waals surface area contributed by atoms with Gasteiger partial charge in [-0.1, -0.05) is 58.8 Å². The maximum absolute atomic E-state index is 14.6. The van der Waals surface area contributed by atoms with Crippen molar-refractivity contribution in [1.82, 2.24) is 14.9 Å². The number of para-hydroxylation sites is 1. The molecule has 0 fully saturated rings. The van der Waals surface area contributed by atoms with Crippen molar-refractivity contribution < 1.29 is 33.0 Å². The Morgan fingerprint density at radius 2 is 1.92 bits per heavy atom. The highest BCUT2D eigenvalue weighted by Crippen LogP contribution is 2.36. The van der Waals surface area contributed by atoms with Crippen LogP contribution in [0.3, 0.4) is 0 Å². The predicted molar refractivity (Wildman–Crippen MR) is 185 cm³/mol. The Hall–Kier alpha value is -5.10. The lowest BCUT2D eigenvalue weighted by Crippen LogP contribution is -2.32. The minimum Gasteiger partial charge on any atom is -0.490 e. The number of ether oxygens (including phenoxy) is 2. The van der Waals surface area contributed by atoms with Gasteiger partial charge in [0.05, 0.1) is 33.8 Å². The highest BCUT2D eigenvalue weighted by Gasteiger charge is 2.26. The fourth-order valence-corrected chi connectivity index (χ4v) is 7.19. The number of nitrogens with zero attached hydrogens (tertiary/aromatic N) is 4. The number of anilines is 2. The van der Waals surface area contributed by atoms with E-state index in [4.69, 9.17) is 9.47 Å². The Bertz CT molecular complexity index is 2050. The highest BCUT2D eigenvalue weighted by atomic mass is 32.1. The van der Waals surface area contributed by atoms with Gasteiger partial charge in [0.1, 0.15) is 5.82 Å². The van der Waals surface area contributed by atoms with Crippen molar-refractivity contribution in [2.75, 3.05) is 44.0 Å². The van der Waals surface area contributed by atoms with Gasteiger partial charge in [0, 0.05) is 24.7 Å². The number of carbonyl (C=O) groups is 2. The van der Waals surface area contributed by atoms with Crippen LogP contribution in [0.25, 0.3) is 10.2 Å². The Kier molecular flexibility index (Phi) is 10.3. The lowest BCUT2D eigenvalue weighted by molar-refractivity contribution is 0.102. The molecule has 1 aliphatic heterocycles. The fraction of sp³-hybridized carbons (Fsp3) is 0.257. The second-order valence-corrected chi connectivity index (χ2v) is 13.5. The number of nitrogens with one attached hydrogen (secondary N) is 1. The van der Waals surface area contributed by atoms with Crippen LogP contribution in [0.1, 0.15) is 38.3 Å². The number of halogens is 2. The van der Waals surface area contributed by atoms with E-state index in [9.17, 15) is 23.5 Å². The molecule has 0 spiro atoms. The number of hydrogen-bond donors (Lipinski definition) is 2. The molecule has 3 aromatic carbocycles. The van der Waals surface area contributed by atoms with Crippen LogP contribution in [0.5, 0.6) is 11.6 Å². The summed E-state index contributed by atoms with van der Waals surface area (Å²) >= 11 is 2.68. The Labute approximate surface area is 288 Å². The van der Waals surface area contributed by atoms with Crippen molar-refractivity contribution in [3.05, 3.63) is 93.4 Å². The minimum absolute atomic E-state index is 0.0337. The van der Waals surface area contributed by atoms with Crippen LogP contribution in [0.15, 0.2) is 54.6 Å². The van der Waals surface area contributed by atoms with Crippen molar-refractivity contribution >= 4 is 55.2 Å². The van der Waals surface area contributed by atoms with Gasteiger partial charge in [-0.15, -0.1) is 0 Å². The molecule has 0 aliphatic carbocycles. The highest BCUT2D eigenvalue weighted by molar-refractivity contribution is 7.22. The first-order valence-electron chi connectivity index (χ1n) is 15.3. The summed E-state index contributed by atoms with van der Waals surface area (Å²) in [7, 11) is 3.65. The smallest absolute Gasteiger partial charge is 0.490 e. The topological polar surface area (TPSA) is 117 Å². The van der Waals surface area contributed by atoms with Gasteiger partial charge in [0.15, 0.2) is 21.8 Å². The molecule has 3 heterocycles. The van der Waals surface area contributed by atoms with Gasteiger partial charge >= 0.3 is 6.16 Å². The van der Waals surface area contributed by atoms with E-state index in [1.165, 1.54) is 22.7 Å². The number of aryl methyl sites for hydroxylation is 1. The van der Waals surface area contributed by atoms with E-state index in [1.807, 2.05) is 60.3 Å². The molecule has 0 saturated carbocycles. The lowest BCUT2D eigenvalue weighted by Gasteiger charge is -2.29. The predicted octanol–water partition coefficient (Wildman–Crippen LogP) is 6.83. The molecule has 2 aromatic heterocycles. The molecular weight excluding hydrogens is 673 g/mol. The van der Waals surface area contributed by atoms with Crippen molar-refractivity contribution in [3.63, 3.8) is 0 Å². The molecule has 0 unspecified atom stereocenters. The zero-order valence-corrected chi connectivity index (χ0v) is 28.2. The van der Waals surface area contributed by atoms with Crippen LogP contribution in [-0.2, 0) is 19.4 Å². The number of thiazole rings is 2. The van der Waals surface area contributed by atoms with E-state index in [2.05, 4.69) is 27.1 Å². The first-order chi connectivity index (χ1) is 23.6. The van der Waals surface area contributed by atoms with Crippen LogP contribution in [0.2, 0.25) is 0 Å². The standard InChI is InChI=1S/C35H31F2N5O5S2/c1-41(2)15-6-9-22-18-26(37)28(19-25(22)36)46-17-7-13-30-32(47-35(44)45)40-34(49-30)42-16-14-21-8-5-10-23(24(21)20-42)31(43)39-33-38-27-11-3-4-12-29(27)48-33/h3-5,8,10-12,18-19H,7,13-17,20H2,1-2H3,(H,44,45)(H,38,39,43). The number of aromatic nitrogens is 2. The first kappa shape index (κ1) is 33.8. The third-order valence-corrected chi connectivity index (χ3v) is 9.69. The molecule has 0 atom stereocenters. The number of benzene rings is 3. The zero-order chi connectivity index (χ0) is 34.5. The monoisotopic (exact) mass is 703 g/mol. The average Bonchev–Trinajstić information content (AvgIpc) is 3.67. The van der Waals surface area contributed by atoms with Crippen LogP contribution >= 0.6 is 22.7 Å². The van der Waals surface area contributed by atoms with Crippen LogP contribution in [0, 0.1) is 23.5 Å². The number of carboxylic acid groups (broad SMARTS) is 1. The number of hydrogen-bond acceptors (Lipinski definition) is 10. The summed E-state index contributed by atoms with van der Waals surface area (Å²) in [6, 6.07) is 15.3. The van der Waals surface area contributed by atoms with Crippen molar-refractivity contribution in [2.24, 2.45) is 0 Å². The second-order valence-electron chi connectivity index (χ2n) is 11.4. The van der Waals surface area contributed by atoms with E-state index < -0.39 is 17.8 Å². The van der Waals surface area contributed by atoms with Crippen molar-refractivity contribution in [1.29, 1.82) is 0 Å². The van der Waals surface area contributed by atoms with Gasteiger partial charge in [0.25, 0.3) is 5.91 Å². The Morgan fingerprint density at radius 1 is 1.08 bits per heavy atom. The van der Waals surface area contributed by atoms with Gasteiger partial charge in [0.2, 0.25) is 5.88 Å². The number of rotatable bonds is 10. The number of carbonyl (C=O) groups excluding carboxylic acids is 1. The molecule has 0 bridgehead atoms. The van der Waals surface area contributed by atoms with Crippen LogP contribution in [0.4, 0.5) is 23.8 Å². The molecule has 6 rings (SSSR count). The lowest BCUT2D eigenvalue weighted by atomic mass is 9.94. The average molecular weight is 704 g/mol. The summed E-state index contributed by atoms with van der Waals surface area (Å²) in [5.74, 6) is 3.43. The molecule has 1 aliphatic rings. The molecule has 0 saturated heterocycles. The van der Waals surface area contributed by atoms with Gasteiger partial charge in [-0.25, -0.2) is 18.6 Å². The molecule has 14 heteroatoms. The van der Waals surface area contributed by atoms with Crippen LogP contribution < -0.4 is 19.7 Å². The third kappa shape index (κ3) is 8.14. The largest absolute Gasteiger partial charge is 0.512 e. The van der Waals surface area contributed by atoms with E-state index >= 15 is 0 Å². The van der Waals surface area contributed by atoms with E-state index in [-0.39, 0.29) is 29.7 Å².